The Morgan fingerprint density at radius 2 is 1.57 bits per heavy atom. The van der Waals surface area contributed by atoms with Gasteiger partial charge in [0.15, 0.2) is 11.0 Å². The summed E-state index contributed by atoms with van der Waals surface area (Å²) in [6.07, 6.45) is 1.65. The SMILES string of the molecule is Cc1cc(Oc2ccc(S(=O)N3CCCc4cc(C(=O)Oc5ccccc5)ccc43)cc2)cc(C)c1Cl. The van der Waals surface area contributed by atoms with Crippen LogP contribution in [0.25, 0.3) is 0 Å². The molecular formula is C30H26ClNO4S. The van der Waals surface area contributed by atoms with E-state index in [0.717, 1.165) is 40.2 Å². The van der Waals surface area contributed by atoms with E-state index in [2.05, 4.69) is 0 Å². The Morgan fingerprint density at radius 1 is 0.865 bits per heavy atom. The fourth-order valence-electron chi connectivity index (χ4n) is 4.37. The average molecular weight is 532 g/mol. The second-order valence-electron chi connectivity index (χ2n) is 8.95. The minimum Gasteiger partial charge on any atom is -0.457 e. The number of ether oxygens (including phenoxy) is 2. The number of anilines is 1. The van der Waals surface area contributed by atoms with Crippen molar-refractivity contribution in [1.82, 2.24) is 0 Å². The van der Waals surface area contributed by atoms with Gasteiger partial charge in [-0.1, -0.05) is 29.8 Å². The Morgan fingerprint density at radius 3 is 2.27 bits per heavy atom. The molecule has 0 fully saturated rings. The number of nitrogens with zero attached hydrogens (tertiary/aromatic N) is 1. The lowest BCUT2D eigenvalue weighted by atomic mass is 10.0. The van der Waals surface area contributed by atoms with Crippen molar-refractivity contribution in [1.29, 1.82) is 0 Å². The van der Waals surface area contributed by atoms with Crippen LogP contribution in [0.15, 0.2) is 89.8 Å². The van der Waals surface area contributed by atoms with Crippen molar-refractivity contribution in [3.05, 3.63) is 112 Å². The summed E-state index contributed by atoms with van der Waals surface area (Å²) in [6, 6.07) is 25.5. The highest BCUT2D eigenvalue weighted by molar-refractivity contribution is 7.86. The van der Waals surface area contributed by atoms with Crippen molar-refractivity contribution < 1.29 is 18.5 Å². The number of esters is 1. The van der Waals surface area contributed by atoms with Crippen LogP contribution in [0, 0.1) is 13.8 Å². The maximum absolute atomic E-state index is 13.5. The molecule has 0 N–H and O–H groups in total. The molecule has 188 valence electrons. The molecule has 0 saturated heterocycles. The Hall–Kier alpha value is -3.61. The van der Waals surface area contributed by atoms with Crippen molar-refractivity contribution >= 4 is 34.2 Å². The Balaban J connectivity index is 1.31. The first kappa shape index (κ1) is 25.1. The largest absolute Gasteiger partial charge is 0.457 e. The lowest BCUT2D eigenvalue weighted by molar-refractivity contribution is 0.0734. The highest BCUT2D eigenvalue weighted by Crippen LogP contribution is 2.33. The van der Waals surface area contributed by atoms with Gasteiger partial charge in [-0.05, 0) is 110 Å². The third kappa shape index (κ3) is 5.55. The van der Waals surface area contributed by atoms with Gasteiger partial charge in [0.25, 0.3) is 0 Å². The molecule has 37 heavy (non-hydrogen) atoms. The van der Waals surface area contributed by atoms with E-state index in [4.69, 9.17) is 21.1 Å². The zero-order valence-corrected chi connectivity index (χ0v) is 22.1. The normalized spacial score (nSPS) is 13.5. The molecule has 1 unspecified atom stereocenters. The summed E-state index contributed by atoms with van der Waals surface area (Å²) in [7, 11) is -1.40. The molecule has 4 aromatic rings. The molecule has 0 amide bonds. The smallest absolute Gasteiger partial charge is 0.343 e. The second kappa shape index (κ2) is 10.8. The van der Waals surface area contributed by atoms with Gasteiger partial charge in [-0.2, -0.15) is 0 Å². The standard InChI is InChI=1S/C30H26ClNO4S/c1-20-17-26(18-21(2)29(20)31)35-25-11-13-27(14-12-25)37(34)32-16-6-7-22-19-23(10-15-28(22)32)30(33)36-24-8-4-3-5-9-24/h3-5,8-15,17-19H,6-7,16H2,1-2H3. The number of para-hydroxylation sites is 1. The minimum atomic E-state index is -1.40. The van der Waals surface area contributed by atoms with Crippen molar-refractivity contribution in [2.24, 2.45) is 0 Å². The summed E-state index contributed by atoms with van der Waals surface area (Å²) in [6.45, 7) is 4.55. The summed E-state index contributed by atoms with van der Waals surface area (Å²) in [5.41, 5.74) is 4.23. The topological polar surface area (TPSA) is 55.8 Å². The lowest BCUT2D eigenvalue weighted by Crippen LogP contribution is -2.31. The molecule has 5 rings (SSSR count). The quantitative estimate of drug-likeness (QED) is 0.191. The maximum Gasteiger partial charge on any atom is 0.343 e. The molecule has 7 heteroatoms. The fraction of sp³-hybridized carbons (Fsp3) is 0.167. The molecule has 0 aromatic heterocycles. The summed E-state index contributed by atoms with van der Waals surface area (Å²) in [4.78, 5) is 13.3. The molecule has 0 bridgehead atoms. The first-order chi connectivity index (χ1) is 17.9. The van der Waals surface area contributed by atoms with E-state index in [1.165, 1.54) is 0 Å². The number of benzene rings is 4. The van der Waals surface area contributed by atoms with Gasteiger partial charge in [0.05, 0.1) is 16.1 Å². The number of hydrogen-bond acceptors (Lipinski definition) is 4. The van der Waals surface area contributed by atoms with Gasteiger partial charge in [0, 0.05) is 11.6 Å². The van der Waals surface area contributed by atoms with Gasteiger partial charge in [-0.15, -0.1) is 0 Å². The van der Waals surface area contributed by atoms with Crippen molar-refractivity contribution in [3.63, 3.8) is 0 Å². The number of carbonyl (C=O) groups is 1. The highest BCUT2D eigenvalue weighted by Gasteiger charge is 2.24. The van der Waals surface area contributed by atoms with Crippen LogP contribution in [0.4, 0.5) is 5.69 Å². The average Bonchev–Trinajstić information content (AvgIpc) is 2.91. The van der Waals surface area contributed by atoms with Crippen LogP contribution in [-0.4, -0.2) is 16.7 Å². The van der Waals surface area contributed by atoms with Crippen LogP contribution in [0.3, 0.4) is 0 Å². The number of aryl methyl sites for hydroxylation is 3. The van der Waals surface area contributed by atoms with Crippen molar-refractivity contribution in [2.75, 3.05) is 10.8 Å². The summed E-state index contributed by atoms with van der Waals surface area (Å²) in [5.74, 6) is 1.46. The number of rotatable bonds is 6. The molecule has 4 aromatic carbocycles. The molecule has 0 spiro atoms. The third-order valence-corrected chi connectivity index (χ3v) is 8.27. The van der Waals surface area contributed by atoms with E-state index >= 15 is 0 Å². The molecule has 1 heterocycles. The Labute approximate surface area is 224 Å². The van der Waals surface area contributed by atoms with Crippen LogP contribution in [-0.2, 0) is 17.4 Å². The van der Waals surface area contributed by atoms with Crippen molar-refractivity contribution in [3.8, 4) is 17.2 Å². The molecule has 1 aliphatic heterocycles. The molecule has 0 radical (unpaired) electrons. The summed E-state index contributed by atoms with van der Waals surface area (Å²) >= 11 is 6.26. The Bertz CT molecular complexity index is 1450. The van der Waals surface area contributed by atoms with E-state index in [0.29, 0.717) is 34.3 Å². The van der Waals surface area contributed by atoms with Gasteiger partial charge < -0.3 is 9.47 Å². The van der Waals surface area contributed by atoms with Crippen LogP contribution in [0.2, 0.25) is 5.02 Å². The Kier molecular flexibility index (Phi) is 7.31. The number of hydrogen-bond donors (Lipinski definition) is 0. The first-order valence-corrected chi connectivity index (χ1v) is 13.5. The highest BCUT2D eigenvalue weighted by atomic mass is 35.5. The maximum atomic E-state index is 13.5. The number of halogens is 1. The van der Waals surface area contributed by atoms with Crippen molar-refractivity contribution in [2.45, 2.75) is 31.6 Å². The molecule has 0 saturated carbocycles. The minimum absolute atomic E-state index is 0.408. The van der Waals surface area contributed by atoms with E-state index in [-0.39, 0.29) is 0 Å². The van der Waals surface area contributed by atoms with Crippen LogP contribution in [0.5, 0.6) is 17.2 Å². The molecule has 1 aliphatic rings. The van der Waals surface area contributed by atoms with Crippen LogP contribution < -0.4 is 13.8 Å². The summed E-state index contributed by atoms with van der Waals surface area (Å²) in [5, 5.41) is 0.736. The molecule has 1 atom stereocenters. The van der Waals surface area contributed by atoms with E-state index in [1.807, 2.05) is 84.9 Å². The molecular weight excluding hydrogens is 506 g/mol. The monoisotopic (exact) mass is 531 g/mol. The van der Waals surface area contributed by atoms with Crippen LogP contribution in [0.1, 0.15) is 33.5 Å². The van der Waals surface area contributed by atoms with Gasteiger partial charge >= 0.3 is 5.97 Å². The lowest BCUT2D eigenvalue weighted by Gasteiger charge is -2.30. The fourth-order valence-corrected chi connectivity index (χ4v) is 5.75. The van der Waals surface area contributed by atoms with Gasteiger partial charge in [0.1, 0.15) is 17.2 Å². The summed E-state index contributed by atoms with van der Waals surface area (Å²) < 4.78 is 26.9. The predicted molar refractivity (Wildman–Crippen MR) is 147 cm³/mol. The van der Waals surface area contributed by atoms with Gasteiger partial charge in [-0.25, -0.2) is 9.00 Å². The van der Waals surface area contributed by atoms with Gasteiger partial charge in [0.2, 0.25) is 0 Å². The second-order valence-corrected chi connectivity index (χ2v) is 10.7. The van der Waals surface area contributed by atoms with E-state index < -0.39 is 17.0 Å². The van der Waals surface area contributed by atoms with E-state index in [9.17, 15) is 9.00 Å². The van der Waals surface area contributed by atoms with E-state index in [1.54, 1.807) is 18.2 Å². The zero-order valence-electron chi connectivity index (χ0n) is 20.6. The van der Waals surface area contributed by atoms with Gasteiger partial charge in [-0.3, -0.25) is 4.31 Å². The first-order valence-electron chi connectivity index (χ1n) is 12.0. The van der Waals surface area contributed by atoms with Crippen LogP contribution >= 0.6 is 11.6 Å². The molecule has 0 aliphatic carbocycles. The third-order valence-electron chi connectivity index (χ3n) is 6.22. The zero-order chi connectivity index (χ0) is 25.9. The molecule has 5 nitrogen and oxygen atoms in total. The number of carbonyl (C=O) groups excluding carboxylic acids is 1. The predicted octanol–water partition coefficient (Wildman–Crippen LogP) is 7.44. The number of fused-ring (bicyclic) bond motifs is 1.